The van der Waals surface area contributed by atoms with E-state index in [4.69, 9.17) is 4.98 Å². The number of imidazole rings is 1. The van der Waals surface area contributed by atoms with Gasteiger partial charge in [0, 0.05) is 49.8 Å². The molecule has 1 saturated heterocycles. The molecule has 13 heteroatoms. The molecule has 0 aromatic carbocycles. The van der Waals surface area contributed by atoms with Gasteiger partial charge in [-0.25, -0.2) is 19.7 Å². The summed E-state index contributed by atoms with van der Waals surface area (Å²) in [5.41, 5.74) is -0.0337. The van der Waals surface area contributed by atoms with Crippen molar-refractivity contribution in [3.05, 3.63) is 66.0 Å². The molecule has 0 unspecified atom stereocenters. The molecule has 1 aliphatic rings. The molecule has 4 aromatic rings. The van der Waals surface area contributed by atoms with E-state index in [1.54, 1.807) is 36.0 Å². The fourth-order valence-electron chi connectivity index (χ4n) is 4.95. The molecule has 2 amide bonds. The van der Waals surface area contributed by atoms with Gasteiger partial charge in [0.05, 0.1) is 18.2 Å². The van der Waals surface area contributed by atoms with E-state index in [2.05, 4.69) is 9.97 Å². The van der Waals surface area contributed by atoms with Crippen LogP contribution >= 0.6 is 0 Å². The maximum atomic E-state index is 13.7. The molecule has 1 fully saturated rings. The van der Waals surface area contributed by atoms with Gasteiger partial charge in [0.25, 0.3) is 0 Å². The van der Waals surface area contributed by atoms with Crippen molar-refractivity contribution in [2.24, 2.45) is 7.05 Å². The highest BCUT2D eigenvalue weighted by atomic mass is 19.4. The highest BCUT2D eigenvalue weighted by Crippen LogP contribution is 2.37. The van der Waals surface area contributed by atoms with Gasteiger partial charge in [-0.2, -0.15) is 13.2 Å². The van der Waals surface area contributed by atoms with Crippen LogP contribution in [-0.4, -0.2) is 84.9 Å². The number of pyridine rings is 2. The summed E-state index contributed by atoms with van der Waals surface area (Å²) < 4.78 is 44.7. The number of carbonyl (C=O) groups is 1. The van der Waals surface area contributed by atoms with E-state index in [1.807, 2.05) is 36.0 Å². The smallest absolute Gasteiger partial charge is 0.390 e. The molecule has 1 aliphatic heterocycles. The predicted molar refractivity (Wildman–Crippen MR) is 139 cm³/mol. The highest BCUT2D eigenvalue weighted by Gasteiger charge is 2.44. The summed E-state index contributed by atoms with van der Waals surface area (Å²) in [5, 5.41) is 11.5. The maximum Gasteiger partial charge on any atom is 0.416 e. The molecule has 0 aliphatic carbocycles. The van der Waals surface area contributed by atoms with Crippen molar-refractivity contribution < 1.29 is 23.1 Å². The van der Waals surface area contributed by atoms with Crippen LogP contribution in [0.15, 0.2) is 48.9 Å². The van der Waals surface area contributed by atoms with Crippen molar-refractivity contribution in [3.8, 4) is 5.82 Å². The van der Waals surface area contributed by atoms with Gasteiger partial charge < -0.3 is 19.5 Å². The summed E-state index contributed by atoms with van der Waals surface area (Å²) in [7, 11) is 5.48. The fourth-order valence-corrected chi connectivity index (χ4v) is 4.95. The van der Waals surface area contributed by atoms with E-state index in [0.717, 1.165) is 23.2 Å². The number of likely N-dealkylation sites (N-methyl/N-ethyl adjacent to an activating group) is 1. The van der Waals surface area contributed by atoms with Crippen molar-refractivity contribution in [1.29, 1.82) is 0 Å². The largest absolute Gasteiger partial charge is 0.416 e. The number of fused-ring (bicyclic) bond motifs is 1. The van der Waals surface area contributed by atoms with Gasteiger partial charge in [-0.15, -0.1) is 0 Å². The molecule has 206 valence electrons. The SMILES string of the molecule is Cc1cc(C(F)(F)F)cc(N2C(=O)N(C[C@H](O)CN(C)C)C[C@H]2c2nccn2-c2ccc3ccn(C)c3n2)n1. The summed E-state index contributed by atoms with van der Waals surface area (Å²) in [4.78, 5) is 31.7. The van der Waals surface area contributed by atoms with E-state index < -0.39 is 29.9 Å². The number of hydrogen-bond acceptors (Lipinski definition) is 6. The lowest BCUT2D eigenvalue weighted by Crippen LogP contribution is -2.40. The third-order valence-electron chi connectivity index (χ3n) is 6.62. The second kappa shape index (κ2) is 9.97. The number of aromatic nitrogens is 5. The fraction of sp³-hybridized carbons (Fsp3) is 0.385. The van der Waals surface area contributed by atoms with Gasteiger partial charge >= 0.3 is 12.2 Å². The van der Waals surface area contributed by atoms with Crippen LogP contribution < -0.4 is 4.90 Å². The number of aliphatic hydroxyl groups excluding tert-OH is 1. The number of alkyl halides is 3. The Bertz CT molecular complexity index is 1510. The number of β-amino-alcohol motifs (C(OH)–C–C–N with tert-alkyl or cyclic N) is 1. The number of urea groups is 1. The zero-order chi connectivity index (χ0) is 28.1. The highest BCUT2D eigenvalue weighted by molar-refractivity contribution is 5.94. The van der Waals surface area contributed by atoms with Crippen molar-refractivity contribution in [1.82, 2.24) is 33.9 Å². The summed E-state index contributed by atoms with van der Waals surface area (Å²) in [6.07, 6.45) is -0.324. The maximum absolute atomic E-state index is 13.7. The zero-order valence-corrected chi connectivity index (χ0v) is 22.0. The molecule has 0 spiro atoms. The molecular weight excluding hydrogens is 513 g/mol. The summed E-state index contributed by atoms with van der Waals surface area (Å²) in [6, 6.07) is 6.14. The van der Waals surface area contributed by atoms with Gasteiger partial charge in [-0.3, -0.25) is 9.47 Å². The lowest BCUT2D eigenvalue weighted by Gasteiger charge is -2.24. The molecule has 5 heterocycles. The topological polar surface area (TPSA) is 95.6 Å². The molecular formula is C26H29F3N8O2. The summed E-state index contributed by atoms with van der Waals surface area (Å²) in [6.45, 7) is 1.84. The third kappa shape index (κ3) is 5.19. The Labute approximate surface area is 222 Å². The van der Waals surface area contributed by atoms with Crippen LogP contribution in [0.1, 0.15) is 23.1 Å². The first-order valence-corrected chi connectivity index (χ1v) is 12.3. The minimum absolute atomic E-state index is 0.00375. The van der Waals surface area contributed by atoms with Crippen LogP contribution in [0.25, 0.3) is 16.9 Å². The van der Waals surface area contributed by atoms with E-state index in [1.165, 1.54) is 16.7 Å². The monoisotopic (exact) mass is 542 g/mol. The Morgan fingerprint density at radius 3 is 2.62 bits per heavy atom. The Morgan fingerprint density at radius 1 is 1.13 bits per heavy atom. The van der Waals surface area contributed by atoms with Gasteiger partial charge in [0.2, 0.25) is 0 Å². The Morgan fingerprint density at radius 2 is 1.90 bits per heavy atom. The van der Waals surface area contributed by atoms with Gasteiger partial charge in [-0.1, -0.05) is 0 Å². The third-order valence-corrected chi connectivity index (χ3v) is 6.62. The minimum atomic E-state index is -4.62. The van der Waals surface area contributed by atoms with Gasteiger partial charge in [0.15, 0.2) is 0 Å². The summed E-state index contributed by atoms with van der Waals surface area (Å²) in [5.74, 6) is 0.816. The number of aryl methyl sites for hydroxylation is 2. The average molecular weight is 543 g/mol. The van der Waals surface area contributed by atoms with E-state index in [9.17, 15) is 23.1 Å². The van der Waals surface area contributed by atoms with Crippen LogP contribution in [0.4, 0.5) is 23.8 Å². The average Bonchev–Trinajstić information content (AvgIpc) is 3.55. The number of amides is 2. The van der Waals surface area contributed by atoms with Gasteiger partial charge in [-0.05, 0) is 51.4 Å². The molecule has 1 N–H and O–H groups in total. The lowest BCUT2D eigenvalue weighted by atomic mass is 10.2. The second-order valence-electron chi connectivity index (χ2n) is 10.0. The van der Waals surface area contributed by atoms with Crippen molar-refractivity contribution in [3.63, 3.8) is 0 Å². The predicted octanol–water partition coefficient (Wildman–Crippen LogP) is 3.39. The molecule has 0 saturated carbocycles. The Kier molecular flexibility index (Phi) is 6.81. The zero-order valence-electron chi connectivity index (χ0n) is 22.0. The van der Waals surface area contributed by atoms with Crippen LogP contribution in [0.2, 0.25) is 0 Å². The molecule has 0 radical (unpaired) electrons. The first-order chi connectivity index (χ1) is 18.4. The number of aliphatic hydroxyl groups is 1. The van der Waals surface area contributed by atoms with Crippen LogP contribution in [0.5, 0.6) is 0 Å². The van der Waals surface area contributed by atoms with Crippen molar-refractivity contribution in [2.45, 2.75) is 25.2 Å². The molecule has 0 bridgehead atoms. The first-order valence-electron chi connectivity index (χ1n) is 12.3. The van der Waals surface area contributed by atoms with Crippen molar-refractivity contribution in [2.75, 3.05) is 38.6 Å². The first kappa shape index (κ1) is 26.6. The Balaban J connectivity index is 1.59. The summed E-state index contributed by atoms with van der Waals surface area (Å²) >= 11 is 0. The van der Waals surface area contributed by atoms with Crippen LogP contribution in [0.3, 0.4) is 0 Å². The van der Waals surface area contributed by atoms with E-state index in [-0.39, 0.29) is 24.6 Å². The molecule has 39 heavy (non-hydrogen) atoms. The number of halogens is 3. The minimum Gasteiger partial charge on any atom is -0.390 e. The quantitative estimate of drug-likeness (QED) is 0.385. The second-order valence-corrected chi connectivity index (χ2v) is 10.0. The standard InChI is InChI=1S/C26H29F3N8O2/c1-16-11-18(26(27,28)29)12-22(31-16)37-20(15-35(25(37)39)14-19(38)13-33(2)3)24-30-8-10-36(24)21-6-5-17-7-9-34(4)23(17)32-21/h5-12,19-20,38H,13-15H2,1-4H3/t19-,20+/m1/s1. The van der Waals surface area contributed by atoms with Crippen LogP contribution in [0, 0.1) is 6.92 Å². The number of anilines is 1. The molecule has 4 aromatic heterocycles. The Hall–Kier alpha value is -3.97. The van der Waals surface area contributed by atoms with Crippen LogP contribution in [-0.2, 0) is 13.2 Å². The number of carbonyl (C=O) groups excluding carboxylic acids is 1. The molecule has 5 rings (SSSR count). The van der Waals surface area contributed by atoms with E-state index in [0.29, 0.717) is 18.2 Å². The normalized spacial score (nSPS) is 17.2. The van der Waals surface area contributed by atoms with Gasteiger partial charge in [0.1, 0.15) is 29.1 Å². The molecule has 2 atom stereocenters. The lowest BCUT2D eigenvalue weighted by molar-refractivity contribution is -0.137. The number of rotatable bonds is 7. The van der Waals surface area contributed by atoms with Crippen molar-refractivity contribution >= 4 is 22.9 Å². The molecule has 10 nitrogen and oxygen atoms in total. The number of hydrogen-bond donors (Lipinski definition) is 1. The van der Waals surface area contributed by atoms with E-state index >= 15 is 0 Å². The number of nitrogens with zero attached hydrogens (tertiary/aromatic N) is 8.